The highest BCUT2D eigenvalue weighted by molar-refractivity contribution is 7.99. The van der Waals surface area contributed by atoms with E-state index in [4.69, 9.17) is 4.98 Å². The van der Waals surface area contributed by atoms with Gasteiger partial charge in [-0.1, -0.05) is 37.3 Å². The first-order valence-electron chi connectivity index (χ1n) is 9.85. The molecule has 0 aliphatic heterocycles. The Morgan fingerprint density at radius 1 is 1.10 bits per heavy atom. The number of thiazole rings is 1. The van der Waals surface area contributed by atoms with Gasteiger partial charge in [0.25, 0.3) is 5.91 Å². The summed E-state index contributed by atoms with van der Waals surface area (Å²) in [6.07, 6.45) is 1.75. The average Bonchev–Trinajstić information content (AvgIpc) is 3.15. The number of anilines is 1. The highest BCUT2D eigenvalue weighted by Crippen LogP contribution is 2.31. The Balaban J connectivity index is 1.69. The molecule has 0 saturated carbocycles. The van der Waals surface area contributed by atoms with Gasteiger partial charge in [0, 0.05) is 21.9 Å². The molecule has 0 unspecified atom stereocenters. The Morgan fingerprint density at radius 2 is 1.90 bits per heavy atom. The predicted molar refractivity (Wildman–Crippen MR) is 127 cm³/mol. The number of nitrogens with zero attached hydrogens (tertiary/aromatic N) is 3. The zero-order valence-corrected chi connectivity index (χ0v) is 18.8. The lowest BCUT2D eigenvalue weighted by Gasteiger charge is -2.20. The summed E-state index contributed by atoms with van der Waals surface area (Å²) >= 11 is 3.32. The maximum atomic E-state index is 13.5. The van der Waals surface area contributed by atoms with Crippen LogP contribution in [0.2, 0.25) is 0 Å². The highest BCUT2D eigenvalue weighted by atomic mass is 32.2. The number of fused-ring (bicyclic) bond motifs is 1. The van der Waals surface area contributed by atoms with Crippen LogP contribution in [0.4, 0.5) is 5.13 Å². The SMILES string of the molecule is Cc1ccc2nc(N(Cc3ccccn3)C(=O)c3ccc(SC(C)C)cc3)sc2c1. The molecule has 0 spiro atoms. The van der Waals surface area contributed by atoms with Crippen molar-refractivity contribution in [3.63, 3.8) is 0 Å². The number of thioether (sulfide) groups is 1. The predicted octanol–water partition coefficient (Wildman–Crippen LogP) is 6.35. The zero-order valence-electron chi connectivity index (χ0n) is 17.2. The first-order chi connectivity index (χ1) is 14.5. The van der Waals surface area contributed by atoms with Crippen molar-refractivity contribution < 1.29 is 4.79 Å². The van der Waals surface area contributed by atoms with E-state index < -0.39 is 0 Å². The molecule has 2 heterocycles. The van der Waals surface area contributed by atoms with Crippen molar-refractivity contribution in [1.29, 1.82) is 0 Å². The number of carbonyl (C=O) groups is 1. The molecule has 0 bridgehead atoms. The van der Waals surface area contributed by atoms with Gasteiger partial charge in [0.05, 0.1) is 22.5 Å². The molecule has 4 nitrogen and oxygen atoms in total. The molecule has 0 aliphatic carbocycles. The third-order valence-corrected chi connectivity index (χ3v) is 6.58. The highest BCUT2D eigenvalue weighted by Gasteiger charge is 2.22. The summed E-state index contributed by atoms with van der Waals surface area (Å²) in [6, 6.07) is 19.7. The third kappa shape index (κ3) is 4.71. The van der Waals surface area contributed by atoms with Crippen LogP contribution in [-0.4, -0.2) is 21.1 Å². The smallest absolute Gasteiger partial charge is 0.260 e. The number of pyridine rings is 1. The maximum absolute atomic E-state index is 13.5. The number of rotatable bonds is 6. The number of amides is 1. The van der Waals surface area contributed by atoms with Crippen molar-refractivity contribution in [3.05, 3.63) is 83.7 Å². The summed E-state index contributed by atoms with van der Waals surface area (Å²) < 4.78 is 1.08. The van der Waals surface area contributed by atoms with E-state index in [1.807, 2.05) is 54.6 Å². The van der Waals surface area contributed by atoms with E-state index in [-0.39, 0.29) is 5.91 Å². The molecular formula is C24H23N3OS2. The molecule has 0 aliphatic rings. The molecule has 30 heavy (non-hydrogen) atoms. The van der Waals surface area contributed by atoms with Crippen molar-refractivity contribution in [3.8, 4) is 0 Å². The molecule has 2 aromatic heterocycles. The van der Waals surface area contributed by atoms with Gasteiger partial charge in [0.2, 0.25) is 0 Å². The minimum atomic E-state index is -0.0717. The lowest BCUT2D eigenvalue weighted by Crippen LogP contribution is -2.30. The number of hydrogen-bond acceptors (Lipinski definition) is 5. The standard InChI is InChI=1S/C24H23N3OS2/c1-16(2)29-20-10-8-18(9-11-20)23(28)27(15-19-6-4-5-13-25-19)24-26-21-12-7-17(3)14-22(21)30-24/h4-14,16H,15H2,1-3H3. The summed E-state index contributed by atoms with van der Waals surface area (Å²) in [6.45, 7) is 6.76. The van der Waals surface area contributed by atoms with Gasteiger partial charge in [-0.15, -0.1) is 11.8 Å². The van der Waals surface area contributed by atoms with Crippen LogP contribution in [0.25, 0.3) is 10.2 Å². The van der Waals surface area contributed by atoms with Crippen LogP contribution >= 0.6 is 23.1 Å². The summed E-state index contributed by atoms with van der Waals surface area (Å²) in [5.41, 5.74) is 3.56. The largest absolute Gasteiger partial charge is 0.278 e. The topological polar surface area (TPSA) is 46.1 Å². The quantitative estimate of drug-likeness (QED) is 0.333. The van der Waals surface area contributed by atoms with Gasteiger partial charge in [0.15, 0.2) is 5.13 Å². The van der Waals surface area contributed by atoms with E-state index >= 15 is 0 Å². The molecule has 2 aromatic carbocycles. The number of hydrogen-bond donors (Lipinski definition) is 0. The van der Waals surface area contributed by atoms with Crippen molar-refractivity contribution in [2.75, 3.05) is 4.90 Å². The molecule has 4 aromatic rings. The molecule has 1 amide bonds. The fourth-order valence-corrected chi connectivity index (χ4v) is 5.02. The Hall–Kier alpha value is -2.70. The maximum Gasteiger partial charge on any atom is 0.260 e. The van der Waals surface area contributed by atoms with E-state index in [0.717, 1.165) is 20.8 Å². The zero-order chi connectivity index (χ0) is 21.1. The molecular weight excluding hydrogens is 410 g/mol. The van der Waals surface area contributed by atoms with E-state index in [2.05, 4.69) is 31.8 Å². The van der Waals surface area contributed by atoms with E-state index in [1.54, 1.807) is 22.9 Å². The van der Waals surface area contributed by atoms with Crippen molar-refractivity contribution in [2.24, 2.45) is 0 Å². The van der Waals surface area contributed by atoms with Crippen LogP contribution < -0.4 is 4.90 Å². The molecule has 6 heteroatoms. The van der Waals surface area contributed by atoms with Crippen LogP contribution in [0.3, 0.4) is 0 Å². The fourth-order valence-electron chi connectivity index (χ4n) is 3.12. The lowest BCUT2D eigenvalue weighted by molar-refractivity contribution is 0.0984. The minimum Gasteiger partial charge on any atom is -0.278 e. The summed E-state index contributed by atoms with van der Waals surface area (Å²) in [7, 11) is 0. The number of benzene rings is 2. The van der Waals surface area contributed by atoms with E-state index in [0.29, 0.717) is 22.5 Å². The molecule has 0 radical (unpaired) electrons. The van der Waals surface area contributed by atoms with Gasteiger partial charge in [0.1, 0.15) is 0 Å². The number of carbonyl (C=O) groups excluding carboxylic acids is 1. The molecule has 0 fully saturated rings. The van der Waals surface area contributed by atoms with Gasteiger partial charge >= 0.3 is 0 Å². The monoisotopic (exact) mass is 433 g/mol. The molecule has 152 valence electrons. The average molecular weight is 434 g/mol. The van der Waals surface area contributed by atoms with Crippen molar-refractivity contribution >= 4 is 44.4 Å². The first-order valence-corrected chi connectivity index (χ1v) is 11.5. The van der Waals surface area contributed by atoms with Gasteiger partial charge in [-0.25, -0.2) is 4.98 Å². The van der Waals surface area contributed by atoms with Crippen LogP contribution in [0.15, 0.2) is 71.8 Å². The molecule has 0 N–H and O–H groups in total. The van der Waals surface area contributed by atoms with E-state index in [9.17, 15) is 4.79 Å². The second kappa shape index (κ2) is 8.98. The number of aryl methyl sites for hydroxylation is 1. The third-order valence-electron chi connectivity index (χ3n) is 4.53. The Kier molecular flexibility index (Phi) is 6.16. The summed E-state index contributed by atoms with van der Waals surface area (Å²) in [5, 5.41) is 1.19. The molecule has 4 rings (SSSR count). The van der Waals surface area contributed by atoms with Gasteiger partial charge in [-0.2, -0.15) is 0 Å². The fraction of sp³-hybridized carbons (Fsp3) is 0.208. The van der Waals surface area contributed by atoms with Gasteiger partial charge < -0.3 is 0 Å². The Labute approximate surface area is 185 Å². The first kappa shape index (κ1) is 20.6. The summed E-state index contributed by atoms with van der Waals surface area (Å²) in [4.78, 5) is 25.5. The normalized spacial score (nSPS) is 11.2. The van der Waals surface area contributed by atoms with Crippen LogP contribution in [0.1, 0.15) is 35.5 Å². The van der Waals surface area contributed by atoms with Crippen molar-refractivity contribution in [1.82, 2.24) is 9.97 Å². The Bertz CT molecular complexity index is 1150. The molecule has 0 atom stereocenters. The second-order valence-electron chi connectivity index (χ2n) is 7.37. The van der Waals surface area contributed by atoms with E-state index in [1.165, 1.54) is 16.9 Å². The van der Waals surface area contributed by atoms with Crippen LogP contribution in [0, 0.1) is 6.92 Å². The van der Waals surface area contributed by atoms with Crippen LogP contribution in [-0.2, 0) is 6.54 Å². The minimum absolute atomic E-state index is 0.0717. The van der Waals surface area contributed by atoms with Gasteiger partial charge in [-0.3, -0.25) is 14.7 Å². The molecule has 0 saturated heterocycles. The Morgan fingerprint density at radius 3 is 2.60 bits per heavy atom. The van der Waals surface area contributed by atoms with Gasteiger partial charge in [-0.05, 0) is 61.0 Å². The lowest BCUT2D eigenvalue weighted by atomic mass is 10.2. The number of aromatic nitrogens is 2. The van der Waals surface area contributed by atoms with Crippen LogP contribution in [0.5, 0.6) is 0 Å². The van der Waals surface area contributed by atoms with Crippen molar-refractivity contribution in [2.45, 2.75) is 37.5 Å². The summed E-state index contributed by atoms with van der Waals surface area (Å²) in [5.74, 6) is -0.0717. The second-order valence-corrected chi connectivity index (χ2v) is 10.0.